The minimum atomic E-state index is 0.136. The zero-order chi connectivity index (χ0) is 16.5. The Labute approximate surface area is 150 Å². The van der Waals surface area contributed by atoms with E-state index in [1.54, 1.807) is 29.4 Å². The van der Waals surface area contributed by atoms with E-state index in [-0.39, 0.29) is 5.91 Å². The van der Waals surface area contributed by atoms with Crippen molar-refractivity contribution in [2.45, 2.75) is 62.9 Å². The first-order chi connectivity index (χ1) is 11.7. The molecule has 24 heavy (non-hydrogen) atoms. The Kier molecular flexibility index (Phi) is 4.77. The molecule has 0 saturated heterocycles. The highest BCUT2D eigenvalue weighted by Crippen LogP contribution is 2.39. The molecule has 1 amide bonds. The Morgan fingerprint density at radius 2 is 2.17 bits per heavy atom. The van der Waals surface area contributed by atoms with E-state index in [1.165, 1.54) is 47.9 Å². The molecule has 0 bridgehead atoms. The van der Waals surface area contributed by atoms with Crippen LogP contribution in [0, 0.1) is 5.92 Å². The first-order valence-corrected chi connectivity index (χ1v) is 10.7. The van der Waals surface area contributed by atoms with Gasteiger partial charge in [-0.05, 0) is 43.6 Å². The van der Waals surface area contributed by atoms with E-state index >= 15 is 0 Å². The highest BCUT2D eigenvalue weighted by atomic mass is 32.2. The molecule has 2 atom stereocenters. The molecule has 4 rings (SSSR count). The molecule has 128 valence electrons. The van der Waals surface area contributed by atoms with Crippen LogP contribution in [0.4, 0.5) is 0 Å². The summed E-state index contributed by atoms with van der Waals surface area (Å²) in [6.45, 7) is 2.25. The van der Waals surface area contributed by atoms with E-state index < -0.39 is 0 Å². The third-order valence-corrected chi connectivity index (χ3v) is 7.45. The molecular formula is C18H23N3OS2. The van der Waals surface area contributed by atoms with Crippen molar-refractivity contribution in [2.75, 3.05) is 5.75 Å². The van der Waals surface area contributed by atoms with Crippen LogP contribution >= 0.6 is 23.1 Å². The maximum atomic E-state index is 12.4. The van der Waals surface area contributed by atoms with Crippen LogP contribution in [0.2, 0.25) is 0 Å². The number of thioether (sulfide) groups is 1. The van der Waals surface area contributed by atoms with Gasteiger partial charge in [0.25, 0.3) is 0 Å². The van der Waals surface area contributed by atoms with E-state index in [9.17, 15) is 4.79 Å². The van der Waals surface area contributed by atoms with Crippen LogP contribution < -0.4 is 5.32 Å². The molecule has 1 saturated carbocycles. The second-order valence-corrected chi connectivity index (χ2v) is 8.99. The summed E-state index contributed by atoms with van der Waals surface area (Å²) in [7, 11) is 0. The molecule has 2 aromatic heterocycles. The van der Waals surface area contributed by atoms with Crippen LogP contribution in [0.5, 0.6) is 0 Å². The molecule has 2 heterocycles. The molecule has 1 N–H and O–H groups in total. The summed E-state index contributed by atoms with van der Waals surface area (Å²) in [5.41, 5.74) is 1.43. The molecule has 1 fully saturated rings. The van der Waals surface area contributed by atoms with Gasteiger partial charge in [-0.2, -0.15) is 0 Å². The summed E-state index contributed by atoms with van der Waals surface area (Å²) in [4.78, 5) is 23.8. The third kappa shape index (κ3) is 3.18. The Bertz CT molecular complexity index is 758. The van der Waals surface area contributed by atoms with Gasteiger partial charge in [0.1, 0.15) is 16.2 Å². The summed E-state index contributed by atoms with van der Waals surface area (Å²) in [6.07, 6.45) is 10.0. The lowest BCUT2D eigenvalue weighted by Crippen LogP contribution is -2.41. The molecule has 2 aromatic rings. The average Bonchev–Trinajstić information content (AvgIpc) is 3.16. The van der Waals surface area contributed by atoms with Crippen molar-refractivity contribution in [2.24, 2.45) is 5.92 Å². The summed E-state index contributed by atoms with van der Waals surface area (Å²) in [5.74, 6) is 1.18. The highest BCUT2D eigenvalue weighted by Gasteiger charge is 2.24. The van der Waals surface area contributed by atoms with Gasteiger partial charge in [-0.15, -0.1) is 11.3 Å². The predicted octanol–water partition coefficient (Wildman–Crippen LogP) is 3.97. The first kappa shape index (κ1) is 16.3. The minimum Gasteiger partial charge on any atom is -0.352 e. The van der Waals surface area contributed by atoms with Crippen LogP contribution in [0.25, 0.3) is 10.2 Å². The highest BCUT2D eigenvalue weighted by molar-refractivity contribution is 8.00. The zero-order valence-electron chi connectivity index (χ0n) is 14.0. The van der Waals surface area contributed by atoms with Crippen molar-refractivity contribution in [3.63, 3.8) is 0 Å². The van der Waals surface area contributed by atoms with E-state index in [2.05, 4.69) is 22.2 Å². The monoisotopic (exact) mass is 361 g/mol. The van der Waals surface area contributed by atoms with Gasteiger partial charge >= 0.3 is 0 Å². The zero-order valence-corrected chi connectivity index (χ0v) is 15.6. The number of nitrogens with zero attached hydrogens (tertiary/aromatic N) is 2. The molecule has 4 nitrogen and oxygen atoms in total. The molecule has 0 unspecified atom stereocenters. The number of fused-ring (bicyclic) bond motifs is 3. The van der Waals surface area contributed by atoms with Gasteiger partial charge < -0.3 is 5.32 Å². The number of hydrogen-bond donors (Lipinski definition) is 1. The fourth-order valence-corrected chi connectivity index (χ4v) is 6.05. The van der Waals surface area contributed by atoms with Crippen molar-refractivity contribution in [1.82, 2.24) is 15.3 Å². The number of thiophene rings is 1. The molecular weight excluding hydrogens is 338 g/mol. The number of hydrogen-bond acceptors (Lipinski definition) is 5. The van der Waals surface area contributed by atoms with E-state index in [0.29, 0.717) is 17.7 Å². The summed E-state index contributed by atoms with van der Waals surface area (Å²) in [6, 6.07) is 0.350. The van der Waals surface area contributed by atoms with Gasteiger partial charge in [0, 0.05) is 16.3 Å². The van der Waals surface area contributed by atoms with Crippen LogP contribution in [0.1, 0.15) is 49.5 Å². The van der Waals surface area contributed by atoms with Gasteiger partial charge in [-0.25, -0.2) is 9.97 Å². The number of rotatable bonds is 4. The second-order valence-electron chi connectivity index (χ2n) is 6.94. The Morgan fingerprint density at radius 3 is 3.04 bits per heavy atom. The second kappa shape index (κ2) is 7.00. The Morgan fingerprint density at radius 1 is 1.29 bits per heavy atom. The topological polar surface area (TPSA) is 54.9 Å². The smallest absolute Gasteiger partial charge is 0.230 e. The Hall–Kier alpha value is -1.14. The number of aryl methyl sites for hydroxylation is 2. The standard InChI is InChI=1S/C18H23N3OS2/c1-11-5-2-3-7-13(11)21-15(22)9-23-17-16-12-6-4-8-14(12)24-18(16)20-10-19-17/h10-11,13H,2-9H2,1H3,(H,21,22)/t11-,13-/m0/s1. The maximum absolute atomic E-state index is 12.4. The van der Waals surface area contributed by atoms with Crippen molar-refractivity contribution in [3.05, 3.63) is 16.8 Å². The lowest BCUT2D eigenvalue weighted by atomic mass is 9.86. The van der Waals surface area contributed by atoms with Gasteiger partial charge in [0.05, 0.1) is 5.75 Å². The fourth-order valence-electron chi connectivity index (χ4n) is 3.92. The molecule has 0 aliphatic heterocycles. The van der Waals surface area contributed by atoms with Crippen LogP contribution in [0.15, 0.2) is 11.4 Å². The number of nitrogens with one attached hydrogen (secondary N) is 1. The van der Waals surface area contributed by atoms with E-state index in [0.717, 1.165) is 22.7 Å². The number of aromatic nitrogens is 2. The van der Waals surface area contributed by atoms with Crippen LogP contribution in [-0.4, -0.2) is 27.7 Å². The van der Waals surface area contributed by atoms with Crippen molar-refractivity contribution < 1.29 is 4.79 Å². The average molecular weight is 362 g/mol. The van der Waals surface area contributed by atoms with E-state index in [1.807, 2.05) is 0 Å². The third-order valence-electron chi connectivity index (χ3n) is 5.26. The lowest BCUT2D eigenvalue weighted by Gasteiger charge is -2.29. The van der Waals surface area contributed by atoms with Gasteiger partial charge in [0.2, 0.25) is 5.91 Å². The molecule has 0 spiro atoms. The molecule has 6 heteroatoms. The summed E-state index contributed by atoms with van der Waals surface area (Å²) >= 11 is 3.36. The molecule has 2 aliphatic carbocycles. The normalized spacial score (nSPS) is 23.4. The fraction of sp³-hybridized carbons (Fsp3) is 0.611. The lowest BCUT2D eigenvalue weighted by molar-refractivity contribution is -0.119. The van der Waals surface area contributed by atoms with Gasteiger partial charge in [-0.1, -0.05) is 31.5 Å². The first-order valence-electron chi connectivity index (χ1n) is 8.90. The van der Waals surface area contributed by atoms with Crippen LogP contribution in [-0.2, 0) is 17.6 Å². The van der Waals surface area contributed by atoms with Gasteiger partial charge in [0.15, 0.2) is 0 Å². The van der Waals surface area contributed by atoms with Crippen molar-refractivity contribution in [1.29, 1.82) is 0 Å². The quantitative estimate of drug-likeness (QED) is 0.661. The summed E-state index contributed by atoms with van der Waals surface area (Å²) in [5, 5.41) is 5.42. The molecule has 0 radical (unpaired) electrons. The van der Waals surface area contributed by atoms with Gasteiger partial charge in [-0.3, -0.25) is 4.79 Å². The maximum Gasteiger partial charge on any atom is 0.230 e. The number of amides is 1. The minimum absolute atomic E-state index is 0.136. The predicted molar refractivity (Wildman–Crippen MR) is 99.7 cm³/mol. The van der Waals surface area contributed by atoms with E-state index in [4.69, 9.17) is 0 Å². The SMILES string of the molecule is C[C@H]1CCCC[C@@H]1NC(=O)CSc1ncnc2sc3c(c12)CCC3. The largest absolute Gasteiger partial charge is 0.352 e. The van der Waals surface area contributed by atoms with Crippen molar-refractivity contribution >= 4 is 39.2 Å². The van der Waals surface area contributed by atoms with Crippen LogP contribution in [0.3, 0.4) is 0 Å². The molecule has 2 aliphatic rings. The number of carbonyl (C=O) groups excluding carboxylic acids is 1. The molecule has 0 aromatic carbocycles. The van der Waals surface area contributed by atoms with Crippen molar-refractivity contribution in [3.8, 4) is 0 Å². The number of carbonyl (C=O) groups is 1. The summed E-state index contributed by atoms with van der Waals surface area (Å²) < 4.78 is 0. The Balaban J connectivity index is 1.44.